The molecule has 4 nitrogen and oxygen atoms in total. The van der Waals surface area contributed by atoms with Crippen molar-refractivity contribution in [2.75, 3.05) is 6.61 Å². The highest BCUT2D eigenvalue weighted by molar-refractivity contribution is 5.95. The molecule has 2 fully saturated rings. The van der Waals surface area contributed by atoms with Crippen LogP contribution in [0.15, 0.2) is 46.7 Å². The number of ether oxygens (including phenoxy) is 1. The van der Waals surface area contributed by atoms with Crippen LogP contribution in [0.1, 0.15) is 82.9 Å². The first-order valence-corrected chi connectivity index (χ1v) is 11.5. The minimum Gasteiger partial charge on any atom is -0.477 e. The number of rotatable bonds is 8. The number of ketones is 1. The van der Waals surface area contributed by atoms with Crippen molar-refractivity contribution in [3.05, 3.63) is 53.0 Å². The van der Waals surface area contributed by atoms with Gasteiger partial charge in [0.15, 0.2) is 0 Å². The number of pyridine rings is 1. The second-order valence-electron chi connectivity index (χ2n) is 8.78. The highest BCUT2D eigenvalue weighted by atomic mass is 16.5. The summed E-state index contributed by atoms with van der Waals surface area (Å²) in [6, 6.07) is 4.28. The Balaban J connectivity index is 1.69. The molecule has 0 amide bonds. The van der Waals surface area contributed by atoms with Crippen LogP contribution in [-0.4, -0.2) is 23.3 Å². The molecule has 0 bridgehead atoms. The molecule has 0 radical (unpaired) electrons. The Labute approximate surface area is 181 Å². The summed E-state index contributed by atoms with van der Waals surface area (Å²) in [5, 5.41) is 0. The van der Waals surface area contributed by atoms with E-state index in [9.17, 15) is 4.79 Å². The van der Waals surface area contributed by atoms with Gasteiger partial charge in [0.05, 0.1) is 6.61 Å². The quantitative estimate of drug-likeness (QED) is 0.374. The number of unbranched alkanes of at least 4 members (excludes halogenated alkanes) is 1. The number of nitrogens with zero attached hydrogens (tertiary/aromatic N) is 2. The maximum atomic E-state index is 11.7. The summed E-state index contributed by atoms with van der Waals surface area (Å²) in [4.78, 5) is 21.2. The average molecular weight is 409 g/mol. The van der Waals surface area contributed by atoms with Gasteiger partial charge in [-0.15, -0.1) is 0 Å². The van der Waals surface area contributed by atoms with Crippen molar-refractivity contribution in [2.24, 2.45) is 16.8 Å². The first kappa shape index (κ1) is 22.5. The molecule has 4 heteroatoms. The zero-order valence-corrected chi connectivity index (χ0v) is 19.0. The summed E-state index contributed by atoms with van der Waals surface area (Å²) in [5.74, 6) is 2.48. The van der Waals surface area contributed by atoms with Crippen LogP contribution in [0.3, 0.4) is 0 Å². The topological polar surface area (TPSA) is 51.6 Å². The third kappa shape index (κ3) is 6.13. The van der Waals surface area contributed by atoms with Gasteiger partial charge in [-0.25, -0.2) is 4.99 Å². The largest absolute Gasteiger partial charge is 0.477 e. The highest BCUT2D eigenvalue weighted by Gasteiger charge is 2.40. The molecule has 1 aromatic heterocycles. The fourth-order valence-corrected chi connectivity index (χ4v) is 4.20. The van der Waals surface area contributed by atoms with Crippen LogP contribution in [0.4, 0.5) is 0 Å². The Morgan fingerprint density at radius 3 is 2.70 bits per heavy atom. The molecular weight excluding hydrogens is 372 g/mol. The monoisotopic (exact) mass is 408 g/mol. The lowest BCUT2D eigenvalue weighted by Gasteiger charge is -2.25. The summed E-state index contributed by atoms with van der Waals surface area (Å²) in [7, 11) is 0. The molecule has 0 spiro atoms. The second kappa shape index (κ2) is 10.7. The van der Waals surface area contributed by atoms with Gasteiger partial charge < -0.3 is 4.74 Å². The lowest BCUT2D eigenvalue weighted by atomic mass is 9.83. The highest BCUT2D eigenvalue weighted by Crippen LogP contribution is 2.47. The second-order valence-corrected chi connectivity index (χ2v) is 8.78. The van der Waals surface area contributed by atoms with E-state index in [0.717, 1.165) is 49.3 Å². The van der Waals surface area contributed by atoms with Crippen LogP contribution in [0.2, 0.25) is 0 Å². The number of carbonyl (C=O) groups excluding carboxylic acids is 1. The number of Topliss-reactive ketones (excluding diaryl/α,β-unsaturated/α-hetero) is 1. The smallest absolute Gasteiger partial charge is 0.216 e. The number of aromatic nitrogens is 1. The summed E-state index contributed by atoms with van der Waals surface area (Å²) in [6.45, 7) is 9.02. The van der Waals surface area contributed by atoms with Crippen molar-refractivity contribution < 1.29 is 9.53 Å². The van der Waals surface area contributed by atoms with E-state index in [4.69, 9.17) is 9.73 Å². The lowest BCUT2D eigenvalue weighted by Crippen LogP contribution is -2.22. The van der Waals surface area contributed by atoms with Crippen LogP contribution in [0.5, 0.6) is 0 Å². The van der Waals surface area contributed by atoms with Gasteiger partial charge in [-0.3, -0.25) is 9.78 Å². The first-order chi connectivity index (χ1) is 14.5. The average Bonchev–Trinajstić information content (AvgIpc) is 3.52. The SMILES string of the molecule is CC=C(C(=NC(C)=CCCC)OCC1CC1c1ccc(C)cn1)C1CCC(=O)CC1. The molecule has 0 N–H and O–H groups in total. The van der Waals surface area contributed by atoms with E-state index in [-0.39, 0.29) is 0 Å². The third-order valence-corrected chi connectivity index (χ3v) is 6.22. The molecule has 2 aliphatic rings. The zero-order valence-electron chi connectivity index (χ0n) is 19.0. The molecule has 30 heavy (non-hydrogen) atoms. The van der Waals surface area contributed by atoms with Crippen LogP contribution >= 0.6 is 0 Å². The first-order valence-electron chi connectivity index (χ1n) is 11.5. The van der Waals surface area contributed by atoms with Crippen molar-refractivity contribution in [3.8, 4) is 0 Å². The van der Waals surface area contributed by atoms with Gasteiger partial charge in [-0.05, 0) is 64.0 Å². The molecule has 0 aromatic carbocycles. The fraction of sp³-hybridized carbons (Fsp3) is 0.577. The molecule has 1 heterocycles. The third-order valence-electron chi connectivity index (χ3n) is 6.22. The molecular formula is C26H36N2O2. The molecule has 2 aliphatic carbocycles. The number of carbonyl (C=O) groups is 1. The van der Waals surface area contributed by atoms with Crippen molar-refractivity contribution in [2.45, 2.75) is 78.6 Å². The van der Waals surface area contributed by atoms with Gasteiger partial charge in [0.2, 0.25) is 5.90 Å². The van der Waals surface area contributed by atoms with E-state index in [1.54, 1.807) is 0 Å². The molecule has 0 aliphatic heterocycles. The number of aliphatic imine (C=N–C) groups is 1. The van der Waals surface area contributed by atoms with E-state index >= 15 is 0 Å². The van der Waals surface area contributed by atoms with E-state index < -0.39 is 0 Å². The van der Waals surface area contributed by atoms with Crippen molar-refractivity contribution in [1.29, 1.82) is 0 Å². The van der Waals surface area contributed by atoms with Crippen LogP contribution in [-0.2, 0) is 9.53 Å². The normalized spacial score (nSPS) is 23.6. The summed E-state index contributed by atoms with van der Waals surface area (Å²) in [5.41, 5.74) is 4.53. The minimum absolute atomic E-state index is 0.360. The van der Waals surface area contributed by atoms with Gasteiger partial charge in [-0.1, -0.05) is 31.6 Å². The predicted octanol–water partition coefficient (Wildman–Crippen LogP) is 6.32. The Morgan fingerprint density at radius 1 is 1.30 bits per heavy atom. The van der Waals surface area contributed by atoms with Gasteiger partial charge >= 0.3 is 0 Å². The molecule has 0 saturated heterocycles. The minimum atomic E-state index is 0.360. The lowest BCUT2D eigenvalue weighted by molar-refractivity contribution is -0.120. The Hall–Kier alpha value is -2.23. The zero-order chi connectivity index (χ0) is 21.5. The summed E-state index contributed by atoms with van der Waals surface area (Å²) >= 11 is 0. The van der Waals surface area contributed by atoms with Gasteiger partial charge in [0.25, 0.3) is 0 Å². The van der Waals surface area contributed by atoms with Crippen LogP contribution < -0.4 is 0 Å². The fourth-order valence-electron chi connectivity index (χ4n) is 4.20. The Kier molecular flexibility index (Phi) is 8.01. The molecule has 162 valence electrons. The maximum Gasteiger partial charge on any atom is 0.216 e. The molecule has 2 atom stereocenters. The van der Waals surface area contributed by atoms with Crippen LogP contribution in [0.25, 0.3) is 0 Å². The van der Waals surface area contributed by atoms with E-state index in [0.29, 0.717) is 43.0 Å². The molecule has 2 saturated carbocycles. The summed E-state index contributed by atoms with van der Waals surface area (Å²) in [6.07, 6.45) is 12.7. The van der Waals surface area contributed by atoms with Crippen molar-refractivity contribution in [1.82, 2.24) is 4.98 Å². The standard InChI is InChI=1S/C26H36N2O2/c1-5-7-8-19(4)28-26(23(6-2)20-10-12-22(29)13-11-20)30-17-21-15-24(21)25-14-9-18(3)16-27-25/h6,8-9,14,16,20-21,24H,5,7,10-13,15,17H2,1-4H3. The number of allylic oxidation sites excluding steroid dienone is 3. The van der Waals surface area contributed by atoms with E-state index in [2.05, 4.69) is 50.0 Å². The number of hydrogen-bond donors (Lipinski definition) is 0. The Bertz CT molecular complexity index is 810. The van der Waals surface area contributed by atoms with Crippen molar-refractivity contribution >= 4 is 11.7 Å². The van der Waals surface area contributed by atoms with E-state index in [1.807, 2.05) is 13.1 Å². The van der Waals surface area contributed by atoms with Gasteiger partial charge in [-0.2, -0.15) is 0 Å². The number of hydrogen-bond acceptors (Lipinski definition) is 4. The van der Waals surface area contributed by atoms with Crippen molar-refractivity contribution in [3.63, 3.8) is 0 Å². The molecule has 1 aromatic rings. The van der Waals surface area contributed by atoms with Gasteiger partial charge in [0.1, 0.15) is 5.78 Å². The van der Waals surface area contributed by atoms with Crippen LogP contribution in [0, 0.1) is 18.8 Å². The predicted molar refractivity (Wildman–Crippen MR) is 123 cm³/mol. The maximum absolute atomic E-state index is 11.7. The number of aryl methyl sites for hydroxylation is 1. The Morgan fingerprint density at radius 2 is 2.07 bits per heavy atom. The van der Waals surface area contributed by atoms with Gasteiger partial charge in [0, 0.05) is 47.8 Å². The molecule has 3 rings (SSSR count). The van der Waals surface area contributed by atoms with E-state index in [1.165, 1.54) is 11.3 Å². The molecule has 2 unspecified atom stereocenters. The summed E-state index contributed by atoms with van der Waals surface area (Å²) < 4.78 is 6.35.